The summed E-state index contributed by atoms with van der Waals surface area (Å²) in [5.74, 6) is 0.325. The Morgan fingerprint density at radius 2 is 2.19 bits per heavy atom. The molecule has 0 fully saturated rings. The van der Waals surface area contributed by atoms with Crippen molar-refractivity contribution >= 4 is 16.3 Å². The molecule has 0 saturated heterocycles. The number of imidazole rings is 1. The van der Waals surface area contributed by atoms with Gasteiger partial charge in [-0.2, -0.15) is 5.10 Å². The van der Waals surface area contributed by atoms with Gasteiger partial charge in [-0.05, 0) is 12.3 Å². The second kappa shape index (κ2) is 4.51. The number of aryl methyl sites for hydroxylation is 1. The van der Waals surface area contributed by atoms with Crippen LogP contribution in [0.5, 0.6) is 0 Å². The van der Waals surface area contributed by atoms with Gasteiger partial charge in [0, 0.05) is 6.42 Å². The summed E-state index contributed by atoms with van der Waals surface area (Å²) >= 11 is 1.62. The van der Waals surface area contributed by atoms with Gasteiger partial charge in [0.2, 0.25) is 4.96 Å². The van der Waals surface area contributed by atoms with E-state index >= 15 is 0 Å². The molecule has 4 nitrogen and oxygen atoms in total. The van der Waals surface area contributed by atoms with Crippen LogP contribution in [0.15, 0.2) is 0 Å². The Bertz CT molecular complexity index is 487. The van der Waals surface area contributed by atoms with Gasteiger partial charge in [-0.3, -0.25) is 0 Å². The molecule has 2 aromatic heterocycles. The van der Waals surface area contributed by atoms with Crippen molar-refractivity contribution in [3.63, 3.8) is 0 Å². The van der Waals surface area contributed by atoms with Gasteiger partial charge in [0.15, 0.2) is 0 Å². The molecule has 0 aliphatic carbocycles. The van der Waals surface area contributed by atoms with Crippen molar-refractivity contribution in [2.24, 2.45) is 0 Å². The van der Waals surface area contributed by atoms with Crippen molar-refractivity contribution in [2.45, 2.75) is 46.1 Å². The molecule has 0 atom stereocenters. The largest absolute Gasteiger partial charge is 0.390 e. The van der Waals surface area contributed by atoms with E-state index in [1.807, 2.05) is 0 Å². The van der Waals surface area contributed by atoms with Gasteiger partial charge in [-0.1, -0.05) is 32.1 Å². The fourth-order valence-electron chi connectivity index (χ4n) is 1.77. The van der Waals surface area contributed by atoms with Gasteiger partial charge < -0.3 is 5.11 Å². The number of hydrogen-bond donors (Lipinski definition) is 1. The molecule has 16 heavy (non-hydrogen) atoms. The molecule has 2 heterocycles. The van der Waals surface area contributed by atoms with E-state index in [0.717, 1.165) is 34.2 Å². The molecule has 0 amide bonds. The van der Waals surface area contributed by atoms with E-state index in [-0.39, 0.29) is 6.61 Å². The minimum atomic E-state index is 0.00395. The van der Waals surface area contributed by atoms with Crippen LogP contribution in [0.2, 0.25) is 0 Å². The summed E-state index contributed by atoms with van der Waals surface area (Å²) in [6.07, 6.45) is 2.07. The molecule has 0 saturated carbocycles. The van der Waals surface area contributed by atoms with E-state index in [9.17, 15) is 5.11 Å². The van der Waals surface area contributed by atoms with Crippen molar-refractivity contribution in [1.29, 1.82) is 0 Å². The molecule has 0 aliphatic heterocycles. The van der Waals surface area contributed by atoms with Crippen molar-refractivity contribution in [2.75, 3.05) is 0 Å². The predicted molar refractivity (Wildman–Crippen MR) is 64.9 cm³/mol. The van der Waals surface area contributed by atoms with Crippen LogP contribution in [-0.4, -0.2) is 19.7 Å². The maximum Gasteiger partial charge on any atom is 0.212 e. The van der Waals surface area contributed by atoms with Crippen LogP contribution in [0, 0.1) is 0 Å². The summed E-state index contributed by atoms with van der Waals surface area (Å²) in [7, 11) is 0. The maximum absolute atomic E-state index is 9.40. The molecule has 0 unspecified atom stereocenters. The molecule has 2 rings (SSSR count). The molecule has 2 aromatic rings. The van der Waals surface area contributed by atoms with Crippen molar-refractivity contribution in [1.82, 2.24) is 14.6 Å². The maximum atomic E-state index is 9.40. The molecule has 88 valence electrons. The third-order valence-electron chi connectivity index (χ3n) is 2.53. The highest BCUT2D eigenvalue weighted by atomic mass is 32.1. The zero-order valence-electron chi connectivity index (χ0n) is 9.90. The van der Waals surface area contributed by atoms with Gasteiger partial charge in [0.1, 0.15) is 5.01 Å². The highest BCUT2D eigenvalue weighted by Gasteiger charge is 2.17. The molecule has 0 spiro atoms. The minimum absolute atomic E-state index is 0.00395. The van der Waals surface area contributed by atoms with E-state index in [4.69, 9.17) is 0 Å². The lowest BCUT2D eigenvalue weighted by atomic mass is 10.1. The van der Waals surface area contributed by atoms with E-state index < -0.39 is 0 Å². The first-order valence-electron chi connectivity index (χ1n) is 5.65. The summed E-state index contributed by atoms with van der Waals surface area (Å²) in [5.41, 5.74) is 1.80. The fourth-order valence-corrected chi connectivity index (χ4v) is 2.79. The first-order chi connectivity index (χ1) is 7.67. The number of rotatable bonds is 4. The quantitative estimate of drug-likeness (QED) is 0.891. The topological polar surface area (TPSA) is 50.4 Å². The Balaban J connectivity index is 2.51. The molecular weight excluding hydrogens is 222 g/mol. The predicted octanol–water partition coefficient (Wildman–Crippen LogP) is 2.36. The van der Waals surface area contributed by atoms with Gasteiger partial charge in [-0.25, -0.2) is 9.50 Å². The average molecular weight is 239 g/mol. The number of hydrogen-bond acceptors (Lipinski definition) is 4. The summed E-state index contributed by atoms with van der Waals surface area (Å²) in [4.78, 5) is 5.44. The van der Waals surface area contributed by atoms with Crippen molar-refractivity contribution in [3.05, 3.63) is 16.4 Å². The number of aromatic nitrogens is 3. The minimum Gasteiger partial charge on any atom is -0.390 e. The van der Waals surface area contributed by atoms with Crippen LogP contribution in [0.3, 0.4) is 0 Å². The Morgan fingerprint density at radius 1 is 1.44 bits per heavy atom. The molecule has 5 heteroatoms. The van der Waals surface area contributed by atoms with Crippen molar-refractivity contribution in [3.8, 4) is 0 Å². The molecule has 0 aromatic carbocycles. The smallest absolute Gasteiger partial charge is 0.212 e. The second-order valence-electron chi connectivity index (χ2n) is 4.20. The monoisotopic (exact) mass is 239 g/mol. The lowest BCUT2D eigenvalue weighted by molar-refractivity contribution is 0.272. The first kappa shape index (κ1) is 11.5. The van der Waals surface area contributed by atoms with Crippen LogP contribution >= 0.6 is 11.3 Å². The lowest BCUT2D eigenvalue weighted by Crippen LogP contribution is -2.00. The Kier molecular flexibility index (Phi) is 3.25. The third-order valence-corrected chi connectivity index (χ3v) is 3.50. The lowest BCUT2D eigenvalue weighted by Gasteiger charge is -2.02. The van der Waals surface area contributed by atoms with Gasteiger partial charge in [0.25, 0.3) is 0 Å². The number of fused-ring (bicyclic) bond motifs is 1. The van der Waals surface area contributed by atoms with Crippen molar-refractivity contribution < 1.29 is 5.11 Å². The summed E-state index contributed by atoms with van der Waals surface area (Å²) < 4.78 is 1.80. The third kappa shape index (κ3) is 1.85. The molecule has 0 bridgehead atoms. The van der Waals surface area contributed by atoms with E-state index in [1.54, 1.807) is 15.9 Å². The SMILES string of the molecule is CCCc1nn2c(CO)c(C(C)C)nc2s1. The van der Waals surface area contributed by atoms with Crippen LogP contribution < -0.4 is 0 Å². The number of aliphatic hydroxyl groups excluding tert-OH is 1. The molecule has 1 N–H and O–H groups in total. The average Bonchev–Trinajstić information content (AvgIpc) is 2.74. The standard InChI is InChI=1S/C11H17N3OS/c1-4-5-9-13-14-8(6-15)10(7(2)3)12-11(14)16-9/h7,15H,4-6H2,1-3H3. The van der Waals surface area contributed by atoms with Crippen LogP contribution in [0.25, 0.3) is 4.96 Å². The molecule has 0 radical (unpaired) electrons. The zero-order chi connectivity index (χ0) is 11.7. The summed E-state index contributed by atoms with van der Waals surface area (Å²) in [6, 6.07) is 0. The molecule has 0 aliphatic rings. The Morgan fingerprint density at radius 3 is 2.75 bits per heavy atom. The van der Waals surface area contributed by atoms with Crippen LogP contribution in [0.1, 0.15) is 49.5 Å². The Hall–Kier alpha value is -0.940. The van der Waals surface area contributed by atoms with E-state index in [2.05, 4.69) is 30.9 Å². The van der Waals surface area contributed by atoms with Gasteiger partial charge in [0.05, 0.1) is 18.0 Å². The highest BCUT2D eigenvalue weighted by Crippen LogP contribution is 2.24. The zero-order valence-corrected chi connectivity index (χ0v) is 10.7. The normalized spacial score (nSPS) is 11.8. The Labute approximate surface area is 98.9 Å². The first-order valence-corrected chi connectivity index (χ1v) is 6.47. The number of nitrogens with zero attached hydrogens (tertiary/aromatic N) is 3. The van der Waals surface area contributed by atoms with Gasteiger partial charge >= 0.3 is 0 Å². The highest BCUT2D eigenvalue weighted by molar-refractivity contribution is 7.16. The fraction of sp³-hybridized carbons (Fsp3) is 0.636. The number of aliphatic hydroxyl groups is 1. The molecular formula is C11H17N3OS. The van der Waals surface area contributed by atoms with Gasteiger partial charge in [-0.15, -0.1) is 0 Å². The van der Waals surface area contributed by atoms with E-state index in [1.165, 1.54) is 0 Å². The van der Waals surface area contributed by atoms with Crippen LogP contribution in [-0.2, 0) is 13.0 Å². The second-order valence-corrected chi connectivity index (χ2v) is 5.24. The van der Waals surface area contributed by atoms with Crippen LogP contribution in [0.4, 0.5) is 0 Å². The summed E-state index contributed by atoms with van der Waals surface area (Å²) in [6.45, 7) is 6.30. The van der Waals surface area contributed by atoms with E-state index in [0.29, 0.717) is 5.92 Å². The summed E-state index contributed by atoms with van der Waals surface area (Å²) in [5, 5.41) is 15.0.